The van der Waals surface area contributed by atoms with Gasteiger partial charge >= 0.3 is 0 Å². The van der Waals surface area contributed by atoms with E-state index in [1.807, 2.05) is 0 Å². The van der Waals surface area contributed by atoms with Crippen LogP contribution in [0.1, 0.15) is 22.3 Å². The first kappa shape index (κ1) is 26.1. The van der Waals surface area contributed by atoms with Crippen LogP contribution in [0.15, 0.2) is 180 Å². The average Bonchev–Trinajstić information content (AvgIpc) is 3.68. The van der Waals surface area contributed by atoms with Gasteiger partial charge in [-0.3, -0.25) is 0 Å². The highest BCUT2D eigenvalue weighted by Crippen LogP contribution is 2.57. The summed E-state index contributed by atoms with van der Waals surface area (Å²) in [5, 5.41) is 7.32. The van der Waals surface area contributed by atoms with Crippen molar-refractivity contribution in [2.24, 2.45) is 0 Å². The number of rotatable bonds is 5. The van der Waals surface area contributed by atoms with Gasteiger partial charge in [0.25, 0.3) is 0 Å². The number of hydrogen-bond acceptors (Lipinski definition) is 2. The lowest BCUT2D eigenvalue weighted by Crippen LogP contribution is -2.29. The van der Waals surface area contributed by atoms with Gasteiger partial charge in [-0.25, -0.2) is 0 Å². The number of anilines is 3. The predicted octanol–water partition coefficient (Wildman–Crippen LogP) is 12.1. The SMILES string of the molecule is c1ccc(C2(c3ccc(N(c4cccc5ccccc45)c4cccc5ccccc45)cc3)c3cccc4oc5cccc2c5c34)cc1. The summed E-state index contributed by atoms with van der Waals surface area (Å²) in [6.07, 6.45) is 0. The van der Waals surface area contributed by atoms with Crippen LogP contribution in [0.25, 0.3) is 43.5 Å². The Hall–Kier alpha value is -6.12. The van der Waals surface area contributed by atoms with E-state index in [0.717, 1.165) is 28.2 Å². The third kappa shape index (κ3) is 3.61. The fraction of sp³-hybridized carbons (Fsp3) is 0.0222. The molecule has 1 heterocycles. The molecule has 1 aliphatic carbocycles. The Balaban J connectivity index is 1.23. The number of benzene rings is 8. The molecule has 2 heteroatoms. The number of furan rings is 1. The van der Waals surface area contributed by atoms with Gasteiger partial charge in [0.05, 0.1) is 16.8 Å². The zero-order chi connectivity index (χ0) is 31.0. The average molecular weight is 600 g/mol. The Morgan fingerprint density at radius 1 is 0.383 bits per heavy atom. The molecule has 0 atom stereocenters. The van der Waals surface area contributed by atoms with Crippen LogP contribution in [0.2, 0.25) is 0 Å². The molecular weight excluding hydrogens is 571 g/mol. The lowest BCUT2D eigenvalue weighted by atomic mass is 9.67. The smallest absolute Gasteiger partial charge is 0.135 e. The summed E-state index contributed by atoms with van der Waals surface area (Å²) in [4.78, 5) is 2.42. The van der Waals surface area contributed by atoms with E-state index in [0.29, 0.717) is 0 Å². The van der Waals surface area contributed by atoms with Gasteiger partial charge in [0.2, 0.25) is 0 Å². The van der Waals surface area contributed by atoms with Crippen molar-refractivity contribution in [3.8, 4) is 0 Å². The van der Waals surface area contributed by atoms with E-state index in [-0.39, 0.29) is 0 Å². The van der Waals surface area contributed by atoms with Crippen LogP contribution in [0.5, 0.6) is 0 Å². The molecule has 8 aromatic carbocycles. The summed E-state index contributed by atoms with van der Waals surface area (Å²) in [5.74, 6) is 0. The summed E-state index contributed by atoms with van der Waals surface area (Å²) in [6, 6.07) is 63.8. The molecule has 47 heavy (non-hydrogen) atoms. The Morgan fingerprint density at radius 2 is 0.851 bits per heavy atom. The number of fused-ring (bicyclic) bond motifs is 2. The van der Waals surface area contributed by atoms with E-state index >= 15 is 0 Å². The van der Waals surface area contributed by atoms with Gasteiger partial charge in [-0.05, 0) is 69.4 Å². The van der Waals surface area contributed by atoms with Crippen molar-refractivity contribution in [1.29, 1.82) is 0 Å². The molecule has 1 aromatic heterocycles. The monoisotopic (exact) mass is 599 g/mol. The molecule has 220 valence electrons. The largest absolute Gasteiger partial charge is 0.456 e. The summed E-state index contributed by atoms with van der Waals surface area (Å²) < 4.78 is 6.35. The van der Waals surface area contributed by atoms with Gasteiger partial charge in [-0.2, -0.15) is 0 Å². The van der Waals surface area contributed by atoms with Crippen LogP contribution in [-0.4, -0.2) is 0 Å². The minimum atomic E-state index is -0.468. The van der Waals surface area contributed by atoms with Crippen LogP contribution in [0.4, 0.5) is 17.1 Å². The maximum atomic E-state index is 6.35. The first-order valence-electron chi connectivity index (χ1n) is 16.2. The lowest BCUT2D eigenvalue weighted by Gasteiger charge is -2.35. The zero-order valence-corrected chi connectivity index (χ0v) is 25.6. The van der Waals surface area contributed by atoms with E-state index in [1.165, 1.54) is 54.6 Å². The fourth-order valence-corrected chi connectivity index (χ4v) is 8.19. The molecule has 0 amide bonds. The van der Waals surface area contributed by atoms with E-state index < -0.39 is 5.41 Å². The van der Waals surface area contributed by atoms with Crippen molar-refractivity contribution >= 4 is 60.5 Å². The van der Waals surface area contributed by atoms with Crippen LogP contribution >= 0.6 is 0 Å². The summed E-state index contributed by atoms with van der Waals surface area (Å²) in [7, 11) is 0. The van der Waals surface area contributed by atoms with Crippen molar-refractivity contribution in [1.82, 2.24) is 0 Å². The number of hydrogen-bond donors (Lipinski definition) is 0. The second-order valence-corrected chi connectivity index (χ2v) is 12.5. The molecular formula is C45H29NO. The second kappa shape index (κ2) is 9.94. The molecule has 1 aliphatic rings. The Morgan fingerprint density at radius 3 is 1.43 bits per heavy atom. The lowest BCUT2D eigenvalue weighted by molar-refractivity contribution is 0.663. The fourth-order valence-electron chi connectivity index (χ4n) is 8.19. The molecule has 2 nitrogen and oxygen atoms in total. The maximum absolute atomic E-state index is 6.35. The van der Waals surface area contributed by atoms with Gasteiger partial charge in [0.1, 0.15) is 11.2 Å². The molecule has 0 unspecified atom stereocenters. The summed E-state index contributed by atoms with van der Waals surface area (Å²) >= 11 is 0. The minimum Gasteiger partial charge on any atom is -0.456 e. The van der Waals surface area contributed by atoms with Crippen molar-refractivity contribution < 1.29 is 4.42 Å². The van der Waals surface area contributed by atoms with Crippen LogP contribution in [-0.2, 0) is 5.41 Å². The quantitative estimate of drug-likeness (QED) is 0.196. The third-order valence-electron chi connectivity index (χ3n) is 10.1. The zero-order valence-electron chi connectivity index (χ0n) is 25.6. The van der Waals surface area contributed by atoms with Gasteiger partial charge < -0.3 is 9.32 Å². The van der Waals surface area contributed by atoms with Gasteiger partial charge in [0, 0.05) is 27.2 Å². The first-order chi connectivity index (χ1) is 23.3. The van der Waals surface area contributed by atoms with Crippen molar-refractivity contribution in [2.45, 2.75) is 5.41 Å². The van der Waals surface area contributed by atoms with E-state index in [9.17, 15) is 0 Å². The highest BCUT2D eigenvalue weighted by Gasteiger charge is 2.46. The van der Waals surface area contributed by atoms with Crippen LogP contribution < -0.4 is 4.90 Å². The van der Waals surface area contributed by atoms with Gasteiger partial charge in [-0.15, -0.1) is 0 Å². The predicted molar refractivity (Wildman–Crippen MR) is 195 cm³/mol. The van der Waals surface area contributed by atoms with E-state index in [2.05, 4.69) is 181 Å². The highest BCUT2D eigenvalue weighted by atomic mass is 16.3. The molecule has 0 saturated carbocycles. The molecule has 0 aliphatic heterocycles. The minimum absolute atomic E-state index is 0.468. The molecule has 0 saturated heterocycles. The van der Waals surface area contributed by atoms with E-state index in [4.69, 9.17) is 4.42 Å². The van der Waals surface area contributed by atoms with Crippen molar-refractivity contribution in [2.75, 3.05) is 4.90 Å². The van der Waals surface area contributed by atoms with Crippen molar-refractivity contribution in [3.05, 3.63) is 198 Å². The molecule has 10 rings (SSSR count). The standard InChI is InChI=1S/C45H29NO/c1-2-16-32(17-3-1)45(37-20-10-24-41-43(37)44-38(45)21-11-25-42(44)47-41)33-26-28-34(29-27-33)46(39-22-8-14-30-12-4-6-18-35(30)39)40-23-9-15-31-13-5-7-19-36(31)40/h1-29H. The molecule has 0 spiro atoms. The number of nitrogens with zero attached hydrogens (tertiary/aromatic N) is 1. The Kier molecular flexibility index (Phi) is 5.53. The first-order valence-corrected chi connectivity index (χ1v) is 16.2. The molecule has 0 N–H and O–H groups in total. The molecule has 0 radical (unpaired) electrons. The van der Waals surface area contributed by atoms with Crippen molar-refractivity contribution in [3.63, 3.8) is 0 Å². The third-order valence-corrected chi connectivity index (χ3v) is 10.1. The maximum Gasteiger partial charge on any atom is 0.135 e. The van der Waals surface area contributed by atoms with Gasteiger partial charge in [-0.1, -0.05) is 140 Å². The second-order valence-electron chi connectivity index (χ2n) is 12.5. The molecule has 9 aromatic rings. The summed E-state index contributed by atoms with van der Waals surface area (Å²) in [5.41, 5.74) is 9.87. The Bertz CT molecular complexity index is 2480. The Labute approximate surface area is 272 Å². The summed E-state index contributed by atoms with van der Waals surface area (Å²) in [6.45, 7) is 0. The normalized spacial score (nSPS) is 13.3. The van der Waals surface area contributed by atoms with Crippen LogP contribution in [0, 0.1) is 0 Å². The van der Waals surface area contributed by atoms with E-state index in [1.54, 1.807) is 0 Å². The molecule has 0 bridgehead atoms. The van der Waals surface area contributed by atoms with Gasteiger partial charge in [0.15, 0.2) is 0 Å². The topological polar surface area (TPSA) is 16.4 Å². The molecule has 0 fully saturated rings. The highest BCUT2D eigenvalue weighted by molar-refractivity contribution is 6.14. The van der Waals surface area contributed by atoms with Crippen LogP contribution in [0.3, 0.4) is 0 Å².